The summed E-state index contributed by atoms with van der Waals surface area (Å²) in [5.41, 5.74) is 9.58. The Morgan fingerprint density at radius 1 is 1.14 bits per heavy atom. The number of rotatable bonds is 6. The van der Waals surface area contributed by atoms with Gasteiger partial charge in [-0.15, -0.1) is 0 Å². The zero-order valence-corrected chi connectivity index (χ0v) is 14.1. The Kier molecular flexibility index (Phi) is 5.69. The van der Waals surface area contributed by atoms with Crippen LogP contribution in [0.4, 0.5) is 5.69 Å². The van der Waals surface area contributed by atoms with Crippen LogP contribution in [0.2, 0.25) is 5.02 Å². The summed E-state index contributed by atoms with van der Waals surface area (Å²) in [6.07, 6.45) is 0.896. The van der Waals surface area contributed by atoms with E-state index in [-0.39, 0.29) is 5.92 Å². The van der Waals surface area contributed by atoms with Crippen molar-refractivity contribution < 1.29 is 4.74 Å². The second kappa shape index (κ2) is 7.52. The molecule has 4 heteroatoms. The second-order valence-corrected chi connectivity index (χ2v) is 6.00. The lowest BCUT2D eigenvalue weighted by atomic mass is 9.92. The van der Waals surface area contributed by atoms with Crippen molar-refractivity contribution >= 4 is 17.3 Å². The number of ether oxygens (including phenoxy) is 1. The van der Waals surface area contributed by atoms with Crippen molar-refractivity contribution in [3.63, 3.8) is 0 Å². The smallest absolute Gasteiger partial charge is 0.137 e. The summed E-state index contributed by atoms with van der Waals surface area (Å²) >= 11 is 6.22. The predicted molar refractivity (Wildman–Crippen MR) is 94.3 cm³/mol. The van der Waals surface area contributed by atoms with Crippen molar-refractivity contribution in [3.8, 4) is 5.75 Å². The number of anilines is 1. The molecule has 0 amide bonds. The minimum absolute atomic E-state index is 0.244. The molecule has 1 atom stereocenters. The Morgan fingerprint density at radius 2 is 1.82 bits per heavy atom. The maximum Gasteiger partial charge on any atom is 0.137 e. The van der Waals surface area contributed by atoms with Crippen LogP contribution in [0.25, 0.3) is 0 Å². The monoisotopic (exact) mass is 318 g/mol. The summed E-state index contributed by atoms with van der Waals surface area (Å²) in [6.45, 7) is 0.581. The molecule has 0 aliphatic rings. The summed E-state index contributed by atoms with van der Waals surface area (Å²) in [5.74, 6) is 0.935. The lowest BCUT2D eigenvalue weighted by Crippen LogP contribution is -2.15. The highest BCUT2D eigenvalue weighted by Crippen LogP contribution is 2.29. The van der Waals surface area contributed by atoms with Crippen LogP contribution in [0.1, 0.15) is 17.0 Å². The van der Waals surface area contributed by atoms with Gasteiger partial charge in [0.1, 0.15) is 5.75 Å². The van der Waals surface area contributed by atoms with Gasteiger partial charge in [-0.1, -0.05) is 29.8 Å². The molecule has 0 heterocycles. The van der Waals surface area contributed by atoms with Crippen LogP contribution in [0, 0.1) is 0 Å². The average molecular weight is 319 g/mol. The van der Waals surface area contributed by atoms with Gasteiger partial charge >= 0.3 is 0 Å². The highest BCUT2D eigenvalue weighted by molar-refractivity contribution is 6.32. The Labute approximate surface area is 137 Å². The molecule has 0 aromatic heterocycles. The predicted octanol–water partition coefficient (Wildman–Crippen LogP) is 3.70. The zero-order valence-electron chi connectivity index (χ0n) is 13.3. The number of nitrogens with two attached hydrogens (primary N) is 1. The molecule has 0 radical (unpaired) electrons. The third kappa shape index (κ3) is 3.93. The van der Waals surface area contributed by atoms with Gasteiger partial charge in [0.15, 0.2) is 0 Å². The van der Waals surface area contributed by atoms with Crippen LogP contribution in [-0.2, 0) is 6.42 Å². The number of nitrogens with zero attached hydrogens (tertiary/aromatic N) is 1. The summed E-state index contributed by atoms with van der Waals surface area (Å²) < 4.78 is 5.20. The van der Waals surface area contributed by atoms with Crippen molar-refractivity contribution in [3.05, 3.63) is 58.6 Å². The van der Waals surface area contributed by atoms with E-state index in [0.29, 0.717) is 17.3 Å². The van der Waals surface area contributed by atoms with E-state index >= 15 is 0 Å². The Bertz CT molecular complexity index is 611. The summed E-state index contributed by atoms with van der Waals surface area (Å²) in [4.78, 5) is 2.09. The molecule has 2 aromatic rings. The van der Waals surface area contributed by atoms with E-state index in [2.05, 4.69) is 29.2 Å². The first-order chi connectivity index (χ1) is 10.5. The molecular formula is C18H23ClN2O. The topological polar surface area (TPSA) is 38.5 Å². The van der Waals surface area contributed by atoms with Gasteiger partial charge in [0.05, 0.1) is 12.1 Å². The molecule has 0 aliphatic carbocycles. The SMILES string of the molecule is COc1ccc(C(CN)Cc2ccc(N(C)C)cc2)cc1Cl. The molecular weight excluding hydrogens is 296 g/mol. The van der Waals surface area contributed by atoms with Crippen LogP contribution < -0.4 is 15.4 Å². The molecule has 1 unspecified atom stereocenters. The number of halogens is 1. The van der Waals surface area contributed by atoms with Crippen LogP contribution in [0.5, 0.6) is 5.75 Å². The molecule has 3 nitrogen and oxygen atoms in total. The minimum Gasteiger partial charge on any atom is -0.495 e. The fourth-order valence-corrected chi connectivity index (χ4v) is 2.75. The maximum atomic E-state index is 6.22. The largest absolute Gasteiger partial charge is 0.495 e. The molecule has 0 bridgehead atoms. The molecule has 22 heavy (non-hydrogen) atoms. The van der Waals surface area contributed by atoms with Gasteiger partial charge in [0.25, 0.3) is 0 Å². The van der Waals surface area contributed by atoms with E-state index in [1.807, 2.05) is 32.3 Å². The van der Waals surface area contributed by atoms with Crippen LogP contribution in [0.3, 0.4) is 0 Å². The first-order valence-corrected chi connectivity index (χ1v) is 7.72. The molecule has 0 spiro atoms. The van der Waals surface area contributed by atoms with Gasteiger partial charge in [-0.2, -0.15) is 0 Å². The number of methoxy groups -OCH3 is 1. The molecule has 2 N–H and O–H groups in total. The van der Waals surface area contributed by atoms with E-state index in [4.69, 9.17) is 22.1 Å². The van der Waals surface area contributed by atoms with Gasteiger partial charge in [-0.05, 0) is 48.4 Å². The standard InChI is InChI=1S/C18H23ClN2O/c1-21(2)16-7-4-13(5-8-16)10-15(12-20)14-6-9-18(22-3)17(19)11-14/h4-9,11,15H,10,12,20H2,1-3H3. The molecule has 0 fully saturated rings. The van der Waals surface area contributed by atoms with Crippen molar-refractivity contribution in [1.29, 1.82) is 0 Å². The maximum absolute atomic E-state index is 6.22. The number of hydrogen-bond donors (Lipinski definition) is 1. The number of benzene rings is 2. The van der Waals surface area contributed by atoms with Crippen LogP contribution in [0.15, 0.2) is 42.5 Å². The molecule has 0 aliphatic heterocycles. The quantitative estimate of drug-likeness (QED) is 0.882. The first kappa shape index (κ1) is 16.7. The summed E-state index contributed by atoms with van der Waals surface area (Å²) in [7, 11) is 5.70. The third-order valence-electron chi connectivity index (χ3n) is 3.87. The fourth-order valence-electron chi connectivity index (χ4n) is 2.49. The lowest BCUT2D eigenvalue weighted by Gasteiger charge is -2.18. The van der Waals surface area contributed by atoms with Gasteiger partial charge in [-0.25, -0.2) is 0 Å². The normalized spacial score (nSPS) is 12.0. The molecule has 0 saturated heterocycles. The summed E-state index contributed by atoms with van der Waals surface area (Å²) in [5, 5.41) is 0.626. The van der Waals surface area contributed by atoms with Crippen molar-refractivity contribution in [2.24, 2.45) is 5.73 Å². The van der Waals surface area contributed by atoms with Gasteiger partial charge < -0.3 is 15.4 Å². The Balaban J connectivity index is 2.16. The van der Waals surface area contributed by atoms with E-state index in [9.17, 15) is 0 Å². The highest BCUT2D eigenvalue weighted by Gasteiger charge is 2.13. The van der Waals surface area contributed by atoms with Crippen LogP contribution >= 0.6 is 11.6 Å². The Hall–Kier alpha value is -1.71. The van der Waals surface area contributed by atoms with E-state index in [0.717, 1.165) is 12.0 Å². The summed E-state index contributed by atoms with van der Waals surface area (Å²) in [6, 6.07) is 14.5. The van der Waals surface area contributed by atoms with Gasteiger partial charge in [0.2, 0.25) is 0 Å². The van der Waals surface area contributed by atoms with Gasteiger partial charge in [-0.3, -0.25) is 0 Å². The minimum atomic E-state index is 0.244. The lowest BCUT2D eigenvalue weighted by molar-refractivity contribution is 0.414. The number of hydrogen-bond acceptors (Lipinski definition) is 3. The zero-order chi connectivity index (χ0) is 16.1. The van der Waals surface area contributed by atoms with Crippen molar-refractivity contribution in [2.45, 2.75) is 12.3 Å². The van der Waals surface area contributed by atoms with E-state index in [1.54, 1.807) is 7.11 Å². The van der Waals surface area contributed by atoms with Crippen molar-refractivity contribution in [1.82, 2.24) is 0 Å². The molecule has 2 rings (SSSR count). The van der Waals surface area contributed by atoms with Gasteiger partial charge in [0, 0.05) is 25.7 Å². The Morgan fingerprint density at radius 3 is 2.32 bits per heavy atom. The van der Waals surface area contributed by atoms with E-state index < -0.39 is 0 Å². The van der Waals surface area contributed by atoms with Crippen molar-refractivity contribution in [2.75, 3.05) is 32.6 Å². The highest BCUT2D eigenvalue weighted by atomic mass is 35.5. The van der Waals surface area contributed by atoms with E-state index in [1.165, 1.54) is 11.3 Å². The average Bonchev–Trinajstić information content (AvgIpc) is 2.53. The molecule has 0 saturated carbocycles. The molecule has 118 valence electrons. The third-order valence-corrected chi connectivity index (χ3v) is 4.16. The van der Waals surface area contributed by atoms with Crippen LogP contribution in [-0.4, -0.2) is 27.7 Å². The molecule has 2 aromatic carbocycles. The fraction of sp³-hybridized carbons (Fsp3) is 0.333. The second-order valence-electron chi connectivity index (χ2n) is 5.59. The first-order valence-electron chi connectivity index (χ1n) is 7.35.